The quantitative estimate of drug-likeness (QED) is 0.464. The maximum Gasteiger partial charge on any atom is -0.00650 e. The average molecular weight is 244 g/mol. The van der Waals surface area contributed by atoms with Gasteiger partial charge in [0, 0.05) is 0 Å². The molecule has 0 aromatic rings. The van der Waals surface area contributed by atoms with Gasteiger partial charge in [-0.3, -0.25) is 0 Å². The van der Waals surface area contributed by atoms with Crippen molar-refractivity contribution in [3.63, 3.8) is 0 Å². The van der Waals surface area contributed by atoms with Crippen LogP contribution < -0.4 is 0 Å². The van der Waals surface area contributed by atoms with Crippen molar-refractivity contribution in [1.82, 2.24) is 0 Å². The summed E-state index contributed by atoms with van der Waals surface area (Å²) in [5.41, 5.74) is 0.505. The minimum Gasteiger partial charge on any atom is -0.162 e. The van der Waals surface area contributed by atoms with Gasteiger partial charge in [-0.25, -0.2) is 0 Å². The van der Waals surface area contributed by atoms with Crippen molar-refractivity contribution in [2.45, 2.75) is 73.1 Å². The van der Waals surface area contributed by atoms with Crippen LogP contribution in [0.5, 0.6) is 0 Å². The van der Waals surface area contributed by atoms with Crippen LogP contribution in [0.1, 0.15) is 73.1 Å². The molecule has 0 saturated carbocycles. The fourth-order valence-electron chi connectivity index (χ4n) is 2.16. The molecular formula is C15H32S. The molecular weight excluding hydrogens is 212 g/mol. The van der Waals surface area contributed by atoms with Gasteiger partial charge in [0.15, 0.2) is 0 Å². The van der Waals surface area contributed by atoms with Gasteiger partial charge in [0.25, 0.3) is 0 Å². The van der Waals surface area contributed by atoms with Crippen LogP contribution >= 0.6 is 11.8 Å². The Balaban J connectivity index is 3.25. The van der Waals surface area contributed by atoms with Gasteiger partial charge in [0.1, 0.15) is 0 Å². The molecule has 1 heteroatoms. The lowest BCUT2D eigenvalue weighted by molar-refractivity contribution is 0.303. The second-order valence-corrected chi connectivity index (χ2v) is 7.56. The Hall–Kier alpha value is 0.350. The first-order valence-corrected chi connectivity index (χ1v) is 8.19. The van der Waals surface area contributed by atoms with E-state index in [1.54, 1.807) is 0 Å². The molecule has 0 fully saturated rings. The number of thioether (sulfide) groups is 1. The molecule has 0 aliphatic heterocycles. The van der Waals surface area contributed by atoms with Gasteiger partial charge in [-0.1, -0.05) is 53.9 Å². The van der Waals surface area contributed by atoms with Crippen LogP contribution in [-0.4, -0.2) is 11.5 Å². The molecule has 0 saturated heterocycles. The molecule has 98 valence electrons. The van der Waals surface area contributed by atoms with Crippen molar-refractivity contribution < 1.29 is 0 Å². The molecule has 0 radical (unpaired) electrons. The lowest BCUT2D eigenvalue weighted by Gasteiger charge is -2.23. The number of unbranched alkanes of at least 4 members (excludes halogenated alkanes) is 3. The zero-order valence-corrected chi connectivity index (χ0v) is 13.0. The third kappa shape index (κ3) is 12.4. The Morgan fingerprint density at radius 2 is 1.69 bits per heavy atom. The Bertz CT molecular complexity index is 146. The minimum atomic E-state index is 0.505. The van der Waals surface area contributed by atoms with E-state index in [0.717, 1.165) is 5.92 Å². The molecule has 0 heterocycles. The molecule has 0 amide bonds. The predicted octanol–water partition coefficient (Wildman–Crippen LogP) is 5.76. The zero-order valence-electron chi connectivity index (χ0n) is 12.1. The molecule has 0 aliphatic rings. The van der Waals surface area contributed by atoms with Gasteiger partial charge in [-0.2, -0.15) is 11.8 Å². The van der Waals surface area contributed by atoms with E-state index in [1.165, 1.54) is 50.0 Å². The maximum absolute atomic E-state index is 2.41. The molecule has 0 spiro atoms. The van der Waals surface area contributed by atoms with Crippen LogP contribution in [0.15, 0.2) is 0 Å². The fraction of sp³-hybridized carbons (Fsp3) is 1.00. The molecule has 0 nitrogen and oxygen atoms in total. The van der Waals surface area contributed by atoms with E-state index in [1.807, 2.05) is 0 Å². The topological polar surface area (TPSA) is 0 Å². The molecule has 0 aliphatic carbocycles. The highest BCUT2D eigenvalue weighted by Crippen LogP contribution is 2.26. The summed E-state index contributed by atoms with van der Waals surface area (Å²) in [5.74, 6) is 3.63. The first kappa shape index (κ1) is 16.4. The van der Waals surface area contributed by atoms with E-state index in [9.17, 15) is 0 Å². The highest BCUT2D eigenvalue weighted by molar-refractivity contribution is 7.99. The largest absolute Gasteiger partial charge is 0.162 e. The van der Waals surface area contributed by atoms with Crippen molar-refractivity contribution in [1.29, 1.82) is 0 Å². The number of hydrogen-bond acceptors (Lipinski definition) is 1. The number of hydrogen-bond donors (Lipinski definition) is 0. The van der Waals surface area contributed by atoms with Gasteiger partial charge in [0.2, 0.25) is 0 Å². The van der Waals surface area contributed by atoms with Crippen LogP contribution in [0.4, 0.5) is 0 Å². The van der Waals surface area contributed by atoms with Crippen molar-refractivity contribution in [3.8, 4) is 0 Å². The third-order valence-electron chi connectivity index (χ3n) is 2.86. The summed E-state index contributed by atoms with van der Waals surface area (Å²) in [7, 11) is 0. The maximum atomic E-state index is 2.41. The Morgan fingerprint density at radius 3 is 2.25 bits per heavy atom. The molecule has 0 aromatic heterocycles. The summed E-state index contributed by atoms with van der Waals surface area (Å²) in [6, 6.07) is 0. The summed E-state index contributed by atoms with van der Waals surface area (Å²) in [6.07, 6.45) is 8.39. The smallest absolute Gasteiger partial charge is 0.00650 e. The van der Waals surface area contributed by atoms with E-state index >= 15 is 0 Å². The van der Waals surface area contributed by atoms with Gasteiger partial charge < -0.3 is 0 Å². The second-order valence-electron chi connectivity index (χ2n) is 6.33. The van der Waals surface area contributed by atoms with Crippen molar-refractivity contribution >= 4 is 11.8 Å². The van der Waals surface area contributed by atoms with E-state index in [2.05, 4.69) is 46.4 Å². The van der Waals surface area contributed by atoms with Crippen molar-refractivity contribution in [3.05, 3.63) is 0 Å². The minimum absolute atomic E-state index is 0.505. The van der Waals surface area contributed by atoms with E-state index in [-0.39, 0.29) is 0 Å². The van der Waals surface area contributed by atoms with Crippen LogP contribution in [0, 0.1) is 11.3 Å². The average Bonchev–Trinajstić information content (AvgIpc) is 2.13. The van der Waals surface area contributed by atoms with Crippen LogP contribution in [-0.2, 0) is 0 Å². The zero-order chi connectivity index (χ0) is 12.4. The molecule has 1 unspecified atom stereocenters. The summed E-state index contributed by atoms with van der Waals surface area (Å²) >= 11 is 2.16. The fourth-order valence-corrected chi connectivity index (χ4v) is 3.35. The SMILES string of the molecule is CCCCCCSCCC(C)CC(C)(C)C. The second kappa shape index (κ2) is 9.39. The Labute approximate surface area is 108 Å². The van der Waals surface area contributed by atoms with Crippen molar-refractivity contribution in [2.75, 3.05) is 11.5 Å². The molecule has 0 bridgehead atoms. The lowest BCUT2D eigenvalue weighted by Crippen LogP contribution is -2.11. The van der Waals surface area contributed by atoms with Crippen molar-refractivity contribution in [2.24, 2.45) is 11.3 Å². The summed E-state index contributed by atoms with van der Waals surface area (Å²) in [5, 5.41) is 0. The molecule has 16 heavy (non-hydrogen) atoms. The summed E-state index contributed by atoms with van der Waals surface area (Å²) in [4.78, 5) is 0. The lowest BCUT2D eigenvalue weighted by atomic mass is 9.84. The Kier molecular flexibility index (Phi) is 9.59. The summed E-state index contributed by atoms with van der Waals surface area (Å²) < 4.78 is 0. The van der Waals surface area contributed by atoms with Gasteiger partial charge in [0.05, 0.1) is 0 Å². The first-order valence-electron chi connectivity index (χ1n) is 7.03. The first-order chi connectivity index (χ1) is 7.45. The predicted molar refractivity (Wildman–Crippen MR) is 79.3 cm³/mol. The standard InChI is InChI=1S/C15H32S/c1-6-7-8-9-11-16-12-10-14(2)13-15(3,4)5/h14H,6-13H2,1-5H3. The van der Waals surface area contributed by atoms with Crippen LogP contribution in [0.2, 0.25) is 0 Å². The Morgan fingerprint density at radius 1 is 1.00 bits per heavy atom. The number of rotatable bonds is 9. The van der Waals surface area contributed by atoms with Crippen LogP contribution in [0.3, 0.4) is 0 Å². The van der Waals surface area contributed by atoms with E-state index in [4.69, 9.17) is 0 Å². The molecule has 0 N–H and O–H groups in total. The monoisotopic (exact) mass is 244 g/mol. The molecule has 1 atom stereocenters. The van der Waals surface area contributed by atoms with Crippen LogP contribution in [0.25, 0.3) is 0 Å². The normalized spacial score (nSPS) is 14.1. The van der Waals surface area contributed by atoms with E-state index < -0.39 is 0 Å². The summed E-state index contributed by atoms with van der Waals surface area (Å²) in [6.45, 7) is 11.7. The van der Waals surface area contributed by atoms with Gasteiger partial charge in [-0.15, -0.1) is 0 Å². The third-order valence-corrected chi connectivity index (χ3v) is 3.96. The van der Waals surface area contributed by atoms with Gasteiger partial charge in [-0.05, 0) is 42.1 Å². The highest BCUT2D eigenvalue weighted by atomic mass is 32.2. The van der Waals surface area contributed by atoms with E-state index in [0.29, 0.717) is 5.41 Å². The molecule has 0 rings (SSSR count). The molecule has 0 aromatic carbocycles. The highest BCUT2D eigenvalue weighted by Gasteiger charge is 2.14. The van der Waals surface area contributed by atoms with Gasteiger partial charge >= 0.3 is 0 Å².